The highest BCUT2D eigenvalue weighted by atomic mass is 16.3. The second-order valence-electron chi connectivity index (χ2n) is 3.81. The van der Waals surface area contributed by atoms with Crippen molar-refractivity contribution in [2.45, 2.75) is 25.7 Å². The molecule has 0 amide bonds. The van der Waals surface area contributed by atoms with Crippen LogP contribution in [-0.4, -0.2) is 17.5 Å². The number of fused-ring (bicyclic) bond motifs is 1. The highest BCUT2D eigenvalue weighted by Gasteiger charge is 2.44. The van der Waals surface area contributed by atoms with Gasteiger partial charge in [0.2, 0.25) is 0 Å². The highest BCUT2D eigenvalue weighted by molar-refractivity contribution is 5.84. The van der Waals surface area contributed by atoms with E-state index < -0.39 is 0 Å². The molecule has 0 bridgehead atoms. The summed E-state index contributed by atoms with van der Waals surface area (Å²) in [6.45, 7) is 0.215. The van der Waals surface area contributed by atoms with Gasteiger partial charge in [-0.1, -0.05) is 6.42 Å². The van der Waals surface area contributed by atoms with Crippen molar-refractivity contribution in [1.29, 1.82) is 0 Å². The Morgan fingerprint density at radius 3 is 3.00 bits per heavy atom. The lowest BCUT2D eigenvalue weighted by Crippen LogP contribution is -2.13. The zero-order valence-corrected chi connectivity index (χ0v) is 6.62. The fraction of sp³-hybridized carbons (Fsp3) is 0.889. The lowest BCUT2D eigenvalue weighted by molar-refractivity contribution is -0.121. The number of Topliss-reactive ketones (excluding diaryl/α,β-unsaturated/α-hetero) is 1. The van der Waals surface area contributed by atoms with Gasteiger partial charge in [0.15, 0.2) is 0 Å². The molecule has 2 fully saturated rings. The monoisotopic (exact) mass is 154 g/mol. The predicted molar refractivity (Wildman–Crippen MR) is 41.0 cm³/mol. The number of carbonyl (C=O) groups excluding carboxylic acids is 1. The van der Waals surface area contributed by atoms with E-state index in [0.717, 1.165) is 6.42 Å². The number of ketones is 1. The fourth-order valence-corrected chi connectivity index (χ4v) is 2.71. The zero-order valence-electron chi connectivity index (χ0n) is 6.62. The van der Waals surface area contributed by atoms with E-state index >= 15 is 0 Å². The van der Waals surface area contributed by atoms with Crippen LogP contribution in [-0.2, 0) is 4.79 Å². The number of hydrogen-bond donors (Lipinski definition) is 1. The molecule has 2 saturated carbocycles. The van der Waals surface area contributed by atoms with Crippen LogP contribution in [0.5, 0.6) is 0 Å². The summed E-state index contributed by atoms with van der Waals surface area (Å²) in [5.41, 5.74) is 0. The predicted octanol–water partition coefficient (Wildman–Crippen LogP) is 0.984. The second-order valence-corrected chi connectivity index (χ2v) is 3.81. The topological polar surface area (TPSA) is 37.3 Å². The Kier molecular flexibility index (Phi) is 1.72. The summed E-state index contributed by atoms with van der Waals surface area (Å²) in [5, 5.41) is 8.98. The van der Waals surface area contributed by atoms with Gasteiger partial charge in [0, 0.05) is 18.9 Å². The lowest BCUT2D eigenvalue weighted by atomic mass is 9.93. The Hall–Kier alpha value is -0.370. The van der Waals surface area contributed by atoms with Crippen LogP contribution in [0, 0.1) is 17.8 Å². The van der Waals surface area contributed by atoms with Crippen LogP contribution in [0.4, 0.5) is 0 Å². The quantitative estimate of drug-likeness (QED) is 0.611. The van der Waals surface area contributed by atoms with E-state index in [9.17, 15) is 4.79 Å². The molecule has 0 aliphatic heterocycles. The SMILES string of the molecule is O=C1C[C@@H](CO)[C@@H]2CCC[C@H]12. The maximum absolute atomic E-state index is 11.3. The minimum absolute atomic E-state index is 0.215. The Labute approximate surface area is 66.6 Å². The molecule has 1 N–H and O–H groups in total. The van der Waals surface area contributed by atoms with Gasteiger partial charge in [-0.15, -0.1) is 0 Å². The van der Waals surface area contributed by atoms with Gasteiger partial charge in [-0.25, -0.2) is 0 Å². The number of aliphatic hydroxyl groups excluding tert-OH is 1. The van der Waals surface area contributed by atoms with Crippen LogP contribution in [0.2, 0.25) is 0 Å². The van der Waals surface area contributed by atoms with Gasteiger partial charge in [-0.05, 0) is 24.7 Å². The van der Waals surface area contributed by atoms with Gasteiger partial charge < -0.3 is 5.11 Å². The Morgan fingerprint density at radius 1 is 1.45 bits per heavy atom. The molecule has 2 aliphatic rings. The molecule has 62 valence electrons. The van der Waals surface area contributed by atoms with E-state index in [2.05, 4.69) is 0 Å². The number of aliphatic hydroxyl groups is 1. The molecule has 0 heterocycles. The largest absolute Gasteiger partial charge is 0.396 e. The van der Waals surface area contributed by atoms with E-state index in [4.69, 9.17) is 5.11 Å². The Morgan fingerprint density at radius 2 is 2.27 bits per heavy atom. The molecule has 0 aromatic carbocycles. The molecule has 2 aliphatic carbocycles. The minimum atomic E-state index is 0.215. The maximum Gasteiger partial charge on any atom is 0.136 e. The van der Waals surface area contributed by atoms with Gasteiger partial charge in [0.05, 0.1) is 0 Å². The Balaban J connectivity index is 2.13. The van der Waals surface area contributed by atoms with Crippen LogP contribution < -0.4 is 0 Å². The van der Waals surface area contributed by atoms with E-state index in [1.54, 1.807) is 0 Å². The third-order valence-corrected chi connectivity index (χ3v) is 3.29. The minimum Gasteiger partial charge on any atom is -0.396 e. The van der Waals surface area contributed by atoms with Crippen molar-refractivity contribution in [1.82, 2.24) is 0 Å². The van der Waals surface area contributed by atoms with E-state index in [1.165, 1.54) is 12.8 Å². The molecular weight excluding hydrogens is 140 g/mol. The smallest absolute Gasteiger partial charge is 0.136 e. The summed E-state index contributed by atoms with van der Waals surface area (Å²) in [5.74, 6) is 1.57. The molecule has 0 aromatic heterocycles. The van der Waals surface area contributed by atoms with Crippen molar-refractivity contribution in [3.63, 3.8) is 0 Å². The zero-order chi connectivity index (χ0) is 7.84. The van der Waals surface area contributed by atoms with Crippen LogP contribution in [0.1, 0.15) is 25.7 Å². The summed E-state index contributed by atoms with van der Waals surface area (Å²) >= 11 is 0. The third-order valence-electron chi connectivity index (χ3n) is 3.29. The molecule has 11 heavy (non-hydrogen) atoms. The molecular formula is C9H14O2. The van der Waals surface area contributed by atoms with Crippen molar-refractivity contribution >= 4 is 5.78 Å². The van der Waals surface area contributed by atoms with Crippen molar-refractivity contribution in [3.05, 3.63) is 0 Å². The molecule has 0 saturated heterocycles. The summed E-state index contributed by atoms with van der Waals surface area (Å²) in [4.78, 5) is 11.3. The maximum atomic E-state index is 11.3. The van der Waals surface area contributed by atoms with Crippen molar-refractivity contribution in [2.24, 2.45) is 17.8 Å². The molecule has 0 radical (unpaired) electrons. The first-order valence-corrected chi connectivity index (χ1v) is 4.46. The van der Waals surface area contributed by atoms with Crippen molar-refractivity contribution < 1.29 is 9.90 Å². The van der Waals surface area contributed by atoms with Gasteiger partial charge >= 0.3 is 0 Å². The Bertz CT molecular complexity index is 176. The van der Waals surface area contributed by atoms with E-state index in [1.807, 2.05) is 0 Å². The molecule has 2 rings (SSSR count). The number of hydrogen-bond acceptors (Lipinski definition) is 2. The molecule has 0 spiro atoms. The highest BCUT2D eigenvalue weighted by Crippen LogP contribution is 2.45. The van der Waals surface area contributed by atoms with E-state index in [0.29, 0.717) is 30.0 Å². The van der Waals surface area contributed by atoms with Crippen LogP contribution in [0.3, 0.4) is 0 Å². The molecule has 0 unspecified atom stereocenters. The second kappa shape index (κ2) is 2.59. The summed E-state index contributed by atoms with van der Waals surface area (Å²) in [6, 6.07) is 0. The van der Waals surface area contributed by atoms with Crippen molar-refractivity contribution in [3.8, 4) is 0 Å². The number of rotatable bonds is 1. The first kappa shape index (κ1) is 7.29. The molecule has 3 atom stereocenters. The molecule has 0 aromatic rings. The average Bonchev–Trinajstić information content (AvgIpc) is 2.54. The van der Waals surface area contributed by atoms with Gasteiger partial charge in [-0.3, -0.25) is 4.79 Å². The van der Waals surface area contributed by atoms with Crippen molar-refractivity contribution in [2.75, 3.05) is 6.61 Å². The lowest BCUT2D eigenvalue weighted by Gasteiger charge is -2.13. The summed E-state index contributed by atoms with van der Waals surface area (Å²) in [6.07, 6.45) is 4.09. The van der Waals surface area contributed by atoms with Crippen LogP contribution in [0.25, 0.3) is 0 Å². The average molecular weight is 154 g/mol. The van der Waals surface area contributed by atoms with Gasteiger partial charge in [0.1, 0.15) is 5.78 Å². The summed E-state index contributed by atoms with van der Waals surface area (Å²) in [7, 11) is 0. The first-order valence-electron chi connectivity index (χ1n) is 4.46. The van der Waals surface area contributed by atoms with Crippen LogP contribution >= 0.6 is 0 Å². The van der Waals surface area contributed by atoms with Gasteiger partial charge in [-0.2, -0.15) is 0 Å². The first-order chi connectivity index (χ1) is 5.33. The third kappa shape index (κ3) is 1.00. The normalized spacial score (nSPS) is 43.0. The molecule has 2 nitrogen and oxygen atoms in total. The summed E-state index contributed by atoms with van der Waals surface area (Å²) < 4.78 is 0. The van der Waals surface area contributed by atoms with Gasteiger partial charge in [0.25, 0.3) is 0 Å². The fourth-order valence-electron chi connectivity index (χ4n) is 2.71. The molecule has 2 heteroatoms. The van der Waals surface area contributed by atoms with Crippen LogP contribution in [0.15, 0.2) is 0 Å². The van der Waals surface area contributed by atoms with E-state index in [-0.39, 0.29) is 6.61 Å². The number of carbonyl (C=O) groups is 1. The standard InChI is InChI=1S/C9H14O2/c10-5-6-4-9(11)8-3-1-2-7(6)8/h6-8,10H,1-5H2/t6-,7-,8-/m0/s1.